The van der Waals surface area contributed by atoms with Gasteiger partial charge in [0, 0.05) is 19.7 Å². The normalized spacial score (nSPS) is 40.2. The van der Waals surface area contributed by atoms with Gasteiger partial charge in [-0.3, -0.25) is 4.68 Å². The quantitative estimate of drug-likeness (QED) is 0.917. The Kier molecular flexibility index (Phi) is 2.92. The molecule has 4 heteroatoms. The second kappa shape index (κ2) is 4.55. The first-order valence-corrected chi connectivity index (χ1v) is 8.13. The number of hydrogen-bond acceptors (Lipinski definition) is 3. The topological polar surface area (TPSA) is 50.9 Å². The molecule has 0 amide bonds. The van der Waals surface area contributed by atoms with E-state index >= 15 is 0 Å². The first kappa shape index (κ1) is 12.8. The molecule has 4 fully saturated rings. The largest absolute Gasteiger partial charge is 0.393 e. The number of nitrogens with zero attached hydrogens (tertiary/aromatic N) is 3. The lowest BCUT2D eigenvalue weighted by Gasteiger charge is -2.57. The highest BCUT2D eigenvalue weighted by molar-refractivity contribution is 5.03. The monoisotopic (exact) mass is 275 g/mol. The van der Waals surface area contributed by atoms with Gasteiger partial charge in [-0.2, -0.15) is 0 Å². The van der Waals surface area contributed by atoms with Crippen LogP contribution in [0, 0.1) is 23.2 Å². The molecule has 0 spiro atoms. The van der Waals surface area contributed by atoms with Crippen LogP contribution >= 0.6 is 0 Å². The number of rotatable bonds is 4. The molecule has 1 atom stereocenters. The van der Waals surface area contributed by atoms with Gasteiger partial charge in [-0.15, -0.1) is 5.10 Å². The predicted octanol–water partition coefficient (Wildman–Crippen LogP) is 2.33. The summed E-state index contributed by atoms with van der Waals surface area (Å²) < 4.78 is 1.72. The first-order chi connectivity index (χ1) is 9.60. The van der Waals surface area contributed by atoms with Crippen LogP contribution in [0.2, 0.25) is 0 Å². The van der Waals surface area contributed by atoms with Crippen LogP contribution < -0.4 is 0 Å². The fourth-order valence-corrected chi connectivity index (χ4v) is 5.84. The summed E-state index contributed by atoms with van der Waals surface area (Å²) in [4.78, 5) is 0. The van der Waals surface area contributed by atoms with Gasteiger partial charge >= 0.3 is 0 Å². The molecule has 4 aliphatic rings. The average Bonchev–Trinajstić information content (AvgIpc) is 2.71. The molecular formula is C16H25N3O. The van der Waals surface area contributed by atoms with Gasteiger partial charge in [-0.1, -0.05) is 5.21 Å². The number of hydrogen-bond donors (Lipinski definition) is 1. The highest BCUT2D eigenvalue weighted by Gasteiger charge is 2.51. The van der Waals surface area contributed by atoms with E-state index in [0.29, 0.717) is 11.8 Å². The smallest absolute Gasteiger partial charge is 0.0852 e. The van der Waals surface area contributed by atoms with Crippen molar-refractivity contribution in [2.24, 2.45) is 30.2 Å². The summed E-state index contributed by atoms with van der Waals surface area (Å²) in [5.41, 5.74) is 1.38. The predicted molar refractivity (Wildman–Crippen MR) is 75.9 cm³/mol. The third-order valence-electron chi connectivity index (χ3n) is 5.93. The molecule has 0 radical (unpaired) electrons. The summed E-state index contributed by atoms with van der Waals surface area (Å²) in [5, 5.41) is 18.5. The first-order valence-electron chi connectivity index (χ1n) is 8.13. The van der Waals surface area contributed by atoms with Crippen LogP contribution in [0.3, 0.4) is 0 Å². The summed E-state index contributed by atoms with van der Waals surface area (Å²) >= 11 is 0. The number of aliphatic hydroxyl groups excluding tert-OH is 1. The van der Waals surface area contributed by atoms with Crippen molar-refractivity contribution in [2.45, 2.75) is 57.5 Å². The lowest BCUT2D eigenvalue weighted by atomic mass is 9.48. The van der Waals surface area contributed by atoms with Crippen molar-refractivity contribution in [3.05, 3.63) is 11.9 Å². The minimum absolute atomic E-state index is 0.247. The van der Waals surface area contributed by atoms with Gasteiger partial charge in [0.2, 0.25) is 0 Å². The molecule has 1 N–H and O–H groups in total. The fourth-order valence-electron chi connectivity index (χ4n) is 5.84. The van der Waals surface area contributed by atoms with Crippen LogP contribution in [0.15, 0.2) is 6.20 Å². The van der Waals surface area contributed by atoms with E-state index in [1.54, 1.807) is 4.68 Å². The van der Waals surface area contributed by atoms with Gasteiger partial charge in [0.25, 0.3) is 0 Å². The Balaban J connectivity index is 1.43. The number of aromatic nitrogens is 3. The lowest BCUT2D eigenvalue weighted by Crippen LogP contribution is -2.47. The molecule has 0 aliphatic heterocycles. The molecule has 4 nitrogen and oxygen atoms in total. The van der Waals surface area contributed by atoms with Crippen molar-refractivity contribution in [2.75, 3.05) is 0 Å². The van der Waals surface area contributed by atoms with Crippen LogP contribution in [0.25, 0.3) is 0 Å². The van der Waals surface area contributed by atoms with Crippen LogP contribution in [0.4, 0.5) is 0 Å². The molecule has 0 aromatic carbocycles. The van der Waals surface area contributed by atoms with E-state index in [1.165, 1.54) is 38.5 Å². The van der Waals surface area contributed by atoms with Crippen molar-refractivity contribution in [1.82, 2.24) is 15.0 Å². The van der Waals surface area contributed by atoms with Crippen LogP contribution in [-0.2, 0) is 13.5 Å². The molecule has 110 valence electrons. The zero-order valence-electron chi connectivity index (χ0n) is 12.3. The van der Waals surface area contributed by atoms with Gasteiger partial charge in [0.1, 0.15) is 0 Å². The summed E-state index contributed by atoms with van der Waals surface area (Å²) in [7, 11) is 1.88. The second-order valence-electron chi connectivity index (χ2n) is 7.86. The third kappa shape index (κ3) is 2.28. The molecule has 4 saturated carbocycles. The zero-order chi connectivity index (χ0) is 13.7. The lowest BCUT2D eigenvalue weighted by molar-refractivity contribution is -0.0757. The maximum Gasteiger partial charge on any atom is 0.0852 e. The number of aliphatic hydroxyl groups is 1. The maximum absolute atomic E-state index is 10.5. The molecule has 1 unspecified atom stereocenters. The van der Waals surface area contributed by atoms with E-state index in [4.69, 9.17) is 0 Å². The van der Waals surface area contributed by atoms with Crippen molar-refractivity contribution in [3.63, 3.8) is 0 Å². The van der Waals surface area contributed by atoms with Crippen molar-refractivity contribution in [3.8, 4) is 0 Å². The van der Waals surface area contributed by atoms with Gasteiger partial charge in [-0.25, -0.2) is 0 Å². The molecule has 20 heavy (non-hydrogen) atoms. The minimum Gasteiger partial charge on any atom is -0.393 e. The summed E-state index contributed by atoms with van der Waals surface area (Å²) in [6, 6.07) is 0. The highest BCUT2D eigenvalue weighted by Crippen LogP contribution is 2.61. The molecule has 5 rings (SSSR count). The van der Waals surface area contributed by atoms with Crippen molar-refractivity contribution in [1.29, 1.82) is 0 Å². The molecule has 4 aliphatic carbocycles. The van der Waals surface area contributed by atoms with Crippen LogP contribution in [-0.4, -0.2) is 26.2 Å². The Hall–Kier alpha value is -0.900. The van der Waals surface area contributed by atoms with E-state index in [1.807, 2.05) is 13.2 Å². The Labute approximate surface area is 120 Å². The minimum atomic E-state index is -0.247. The zero-order valence-corrected chi connectivity index (χ0v) is 12.3. The molecular weight excluding hydrogens is 250 g/mol. The molecule has 0 saturated heterocycles. The van der Waals surface area contributed by atoms with Gasteiger partial charge < -0.3 is 5.11 Å². The standard InChI is InChI=1S/C16H25N3O/c1-19-10-14(17-18-19)5-15(20)9-16-6-11-2-12(7-16)4-13(3-11)8-16/h10-13,15,20H,2-9H2,1H3. The Morgan fingerprint density at radius 3 is 2.35 bits per heavy atom. The maximum atomic E-state index is 10.5. The molecule has 4 bridgehead atoms. The van der Waals surface area contributed by atoms with E-state index in [-0.39, 0.29) is 6.10 Å². The SMILES string of the molecule is Cn1cc(CC(O)CC23CC4CC(CC(C4)C2)C3)nn1. The third-order valence-corrected chi connectivity index (χ3v) is 5.93. The van der Waals surface area contributed by atoms with E-state index in [0.717, 1.165) is 29.9 Å². The average molecular weight is 275 g/mol. The summed E-state index contributed by atoms with van der Waals surface area (Å²) in [6.07, 6.45) is 11.8. The van der Waals surface area contributed by atoms with Gasteiger partial charge in [0.05, 0.1) is 11.8 Å². The van der Waals surface area contributed by atoms with E-state index in [9.17, 15) is 5.11 Å². The van der Waals surface area contributed by atoms with E-state index in [2.05, 4.69) is 10.3 Å². The van der Waals surface area contributed by atoms with Crippen LogP contribution in [0.1, 0.15) is 50.6 Å². The van der Waals surface area contributed by atoms with Crippen molar-refractivity contribution < 1.29 is 5.11 Å². The summed E-state index contributed by atoms with van der Waals surface area (Å²) in [6.45, 7) is 0. The summed E-state index contributed by atoms with van der Waals surface area (Å²) in [5.74, 6) is 2.89. The Morgan fingerprint density at radius 2 is 1.85 bits per heavy atom. The highest BCUT2D eigenvalue weighted by atomic mass is 16.3. The molecule has 1 aromatic heterocycles. The molecule has 1 aromatic rings. The van der Waals surface area contributed by atoms with Crippen LogP contribution in [0.5, 0.6) is 0 Å². The number of aryl methyl sites for hydroxylation is 1. The van der Waals surface area contributed by atoms with Gasteiger partial charge in [0.15, 0.2) is 0 Å². The molecule has 1 heterocycles. The Morgan fingerprint density at radius 1 is 1.25 bits per heavy atom. The van der Waals surface area contributed by atoms with Gasteiger partial charge in [-0.05, 0) is 68.1 Å². The fraction of sp³-hybridized carbons (Fsp3) is 0.875. The second-order valence-corrected chi connectivity index (χ2v) is 7.86. The van der Waals surface area contributed by atoms with E-state index < -0.39 is 0 Å². The van der Waals surface area contributed by atoms with Crippen molar-refractivity contribution >= 4 is 0 Å². The Bertz CT molecular complexity index is 460.